The molecule has 1 fully saturated rings. The molecule has 1 aliphatic heterocycles. The van der Waals surface area contributed by atoms with Crippen molar-refractivity contribution in [3.05, 3.63) is 58.9 Å². The first kappa shape index (κ1) is 19.4. The van der Waals surface area contributed by atoms with E-state index in [1.54, 1.807) is 6.20 Å². The van der Waals surface area contributed by atoms with Gasteiger partial charge in [-0.2, -0.15) is 0 Å². The Labute approximate surface area is 168 Å². The molecule has 1 saturated heterocycles. The predicted octanol–water partition coefficient (Wildman–Crippen LogP) is 2.27. The number of urea groups is 1. The maximum atomic E-state index is 13.8. The Morgan fingerprint density at radius 1 is 1.34 bits per heavy atom. The van der Waals surface area contributed by atoms with Crippen molar-refractivity contribution in [3.8, 4) is 0 Å². The van der Waals surface area contributed by atoms with Gasteiger partial charge in [-0.1, -0.05) is 11.3 Å². The van der Waals surface area contributed by atoms with E-state index < -0.39 is 23.3 Å². The van der Waals surface area contributed by atoms with Crippen LogP contribution in [0.4, 0.5) is 18.7 Å². The van der Waals surface area contributed by atoms with Crippen LogP contribution in [0.5, 0.6) is 0 Å². The maximum absolute atomic E-state index is 13.8. The number of carbonyl (C=O) groups excluding carboxylic acids is 1. The van der Waals surface area contributed by atoms with Gasteiger partial charge < -0.3 is 10.0 Å². The Hall–Kier alpha value is -2.92. The van der Waals surface area contributed by atoms with Crippen molar-refractivity contribution in [3.63, 3.8) is 0 Å². The average molecular weight is 420 g/mol. The van der Waals surface area contributed by atoms with Gasteiger partial charge in [-0.15, -0.1) is 16.4 Å². The monoisotopic (exact) mass is 420 g/mol. The molecule has 1 unspecified atom stereocenters. The molecular formula is C18H18F2N6O2S. The molecule has 4 rings (SSSR count). The first-order valence-electron chi connectivity index (χ1n) is 8.92. The normalized spacial score (nSPS) is 18.9. The van der Waals surface area contributed by atoms with Gasteiger partial charge in [0.1, 0.15) is 17.2 Å². The number of benzene rings is 1. The number of nitrogens with one attached hydrogen (secondary N) is 1. The fourth-order valence-corrected chi connectivity index (χ4v) is 4.08. The lowest BCUT2D eigenvalue weighted by Gasteiger charge is -2.22. The Morgan fingerprint density at radius 2 is 2.14 bits per heavy atom. The van der Waals surface area contributed by atoms with Crippen molar-refractivity contribution in [1.29, 1.82) is 0 Å². The zero-order valence-corrected chi connectivity index (χ0v) is 16.1. The van der Waals surface area contributed by atoms with Gasteiger partial charge in [0.2, 0.25) is 0 Å². The lowest BCUT2D eigenvalue weighted by atomic mass is 10.0. The molecule has 152 valence electrons. The molecular weight excluding hydrogens is 402 g/mol. The number of likely N-dealkylation sites (tertiary alicyclic amines) is 1. The van der Waals surface area contributed by atoms with Crippen LogP contribution in [-0.4, -0.2) is 54.7 Å². The van der Waals surface area contributed by atoms with Crippen LogP contribution in [-0.2, 0) is 13.0 Å². The van der Waals surface area contributed by atoms with Crippen LogP contribution in [0.25, 0.3) is 0 Å². The van der Waals surface area contributed by atoms with Gasteiger partial charge in [0, 0.05) is 35.8 Å². The number of hydrogen-bond donors (Lipinski definition) is 2. The Kier molecular flexibility index (Phi) is 5.24. The van der Waals surface area contributed by atoms with E-state index >= 15 is 0 Å². The van der Waals surface area contributed by atoms with Crippen LogP contribution in [0.2, 0.25) is 0 Å². The van der Waals surface area contributed by atoms with E-state index in [9.17, 15) is 18.7 Å². The molecule has 0 saturated carbocycles. The molecule has 11 heteroatoms. The van der Waals surface area contributed by atoms with Gasteiger partial charge in [-0.05, 0) is 18.6 Å². The lowest BCUT2D eigenvalue weighted by Crippen LogP contribution is -2.40. The fraction of sp³-hybridized carbons (Fsp3) is 0.333. The summed E-state index contributed by atoms with van der Waals surface area (Å²) in [6.45, 7) is 0.777. The minimum atomic E-state index is -1.08. The molecule has 0 spiro atoms. The van der Waals surface area contributed by atoms with Crippen LogP contribution in [0, 0.1) is 11.6 Å². The minimum Gasteiger partial charge on any atom is -0.386 e. The number of nitrogens with zero attached hydrogens (tertiary/aromatic N) is 5. The average Bonchev–Trinajstić information content (AvgIpc) is 3.41. The summed E-state index contributed by atoms with van der Waals surface area (Å²) in [6, 6.07) is 3.33. The molecule has 3 aromatic rings. The van der Waals surface area contributed by atoms with Crippen molar-refractivity contribution in [2.75, 3.05) is 18.4 Å². The molecule has 1 aromatic carbocycles. The highest BCUT2D eigenvalue weighted by Gasteiger charge is 2.39. The molecule has 2 N–H and O–H groups in total. The molecule has 0 aliphatic carbocycles. The van der Waals surface area contributed by atoms with E-state index in [0.717, 1.165) is 11.3 Å². The molecule has 3 heterocycles. The zero-order chi connectivity index (χ0) is 20.4. The lowest BCUT2D eigenvalue weighted by molar-refractivity contribution is 0.0316. The number of aliphatic hydroxyl groups is 1. The highest BCUT2D eigenvalue weighted by atomic mass is 32.1. The van der Waals surface area contributed by atoms with Crippen LogP contribution in [0.1, 0.15) is 16.9 Å². The number of anilines is 1. The topological polar surface area (TPSA) is 96.2 Å². The quantitative estimate of drug-likeness (QED) is 0.660. The number of hydrogen-bond acceptors (Lipinski definition) is 6. The Morgan fingerprint density at radius 3 is 2.86 bits per heavy atom. The molecule has 2 amide bonds. The number of carbonyl (C=O) groups is 1. The molecule has 0 bridgehead atoms. The van der Waals surface area contributed by atoms with E-state index in [2.05, 4.69) is 20.6 Å². The second-order valence-electron chi connectivity index (χ2n) is 6.94. The summed E-state index contributed by atoms with van der Waals surface area (Å²) < 4.78 is 29.1. The second-order valence-corrected chi connectivity index (χ2v) is 8.05. The van der Waals surface area contributed by atoms with Crippen molar-refractivity contribution in [2.45, 2.75) is 25.0 Å². The van der Waals surface area contributed by atoms with Crippen molar-refractivity contribution in [1.82, 2.24) is 24.9 Å². The third-order valence-corrected chi connectivity index (χ3v) is 5.64. The van der Waals surface area contributed by atoms with Gasteiger partial charge in [-0.3, -0.25) is 5.32 Å². The largest absolute Gasteiger partial charge is 0.386 e. The Balaban J connectivity index is 1.36. The molecule has 0 radical (unpaired) electrons. The van der Waals surface area contributed by atoms with Gasteiger partial charge in [-0.25, -0.2) is 23.2 Å². The summed E-state index contributed by atoms with van der Waals surface area (Å²) in [4.78, 5) is 18.7. The van der Waals surface area contributed by atoms with Crippen LogP contribution < -0.4 is 5.32 Å². The third kappa shape index (κ3) is 4.40. The first-order chi connectivity index (χ1) is 13.9. The standard InChI is InChI=1S/C18H18F2N6O2S/c19-14-2-1-3-15(20)13(14)8-12-9-21-16(29-12)23-17(27)25-6-4-18(28,10-25)11-26-7-5-22-24-26/h1-3,5,7,9,28H,4,6,8,10-11H2,(H,21,23,27). The summed E-state index contributed by atoms with van der Waals surface area (Å²) in [5.41, 5.74) is -1.12. The van der Waals surface area contributed by atoms with E-state index in [-0.39, 0.29) is 25.1 Å². The van der Waals surface area contributed by atoms with Crippen LogP contribution in [0.3, 0.4) is 0 Å². The third-order valence-electron chi connectivity index (χ3n) is 4.73. The molecule has 8 nitrogen and oxygen atoms in total. The number of β-amino-alcohol motifs (C(OH)–C–C–N with tert-alkyl or cyclic N) is 1. The summed E-state index contributed by atoms with van der Waals surface area (Å²) in [5, 5.41) is 21.2. The smallest absolute Gasteiger partial charge is 0.323 e. The number of amides is 2. The number of aromatic nitrogens is 4. The van der Waals surface area contributed by atoms with Crippen molar-refractivity contribution in [2.24, 2.45) is 0 Å². The van der Waals surface area contributed by atoms with Crippen molar-refractivity contribution >= 4 is 22.5 Å². The van der Waals surface area contributed by atoms with Crippen molar-refractivity contribution < 1.29 is 18.7 Å². The summed E-state index contributed by atoms with van der Waals surface area (Å²) in [5.74, 6) is -1.24. The number of rotatable bonds is 5. The fourth-order valence-electron chi connectivity index (χ4n) is 3.27. The van der Waals surface area contributed by atoms with Gasteiger partial charge in [0.25, 0.3) is 0 Å². The Bertz CT molecular complexity index is 991. The highest BCUT2D eigenvalue weighted by Crippen LogP contribution is 2.26. The second kappa shape index (κ2) is 7.84. The maximum Gasteiger partial charge on any atom is 0.323 e. The van der Waals surface area contributed by atoms with Crippen LogP contribution >= 0.6 is 11.3 Å². The summed E-state index contributed by atoms with van der Waals surface area (Å²) in [7, 11) is 0. The molecule has 29 heavy (non-hydrogen) atoms. The van der Waals surface area contributed by atoms with E-state index in [4.69, 9.17) is 0 Å². The molecule has 1 aliphatic rings. The summed E-state index contributed by atoms with van der Waals surface area (Å²) >= 11 is 1.15. The predicted molar refractivity (Wildman–Crippen MR) is 101 cm³/mol. The molecule has 1 atom stereocenters. The summed E-state index contributed by atoms with van der Waals surface area (Å²) in [6.07, 6.45) is 5.12. The number of halogens is 2. The van der Waals surface area contributed by atoms with E-state index in [1.165, 1.54) is 40.2 Å². The van der Waals surface area contributed by atoms with E-state index in [1.807, 2.05) is 0 Å². The SMILES string of the molecule is O=C(Nc1ncc(Cc2c(F)cccc2F)s1)N1CCC(O)(Cn2ccnn2)C1. The number of thiazole rings is 1. The van der Waals surface area contributed by atoms with Gasteiger partial charge >= 0.3 is 6.03 Å². The van der Waals surface area contributed by atoms with E-state index in [0.29, 0.717) is 23.0 Å². The first-order valence-corrected chi connectivity index (χ1v) is 9.73. The zero-order valence-electron chi connectivity index (χ0n) is 15.3. The van der Waals surface area contributed by atoms with Gasteiger partial charge in [0.05, 0.1) is 19.3 Å². The minimum absolute atomic E-state index is 0.0354. The van der Waals surface area contributed by atoms with Crippen LogP contribution in [0.15, 0.2) is 36.8 Å². The molecule has 2 aromatic heterocycles. The van der Waals surface area contributed by atoms with Gasteiger partial charge in [0.15, 0.2) is 5.13 Å². The highest BCUT2D eigenvalue weighted by molar-refractivity contribution is 7.15.